The Balaban J connectivity index is 2.59. The van der Waals surface area contributed by atoms with Crippen molar-refractivity contribution in [3.05, 3.63) is 65.2 Å². The summed E-state index contributed by atoms with van der Waals surface area (Å²) in [6.07, 6.45) is 1.56. The lowest BCUT2D eigenvalue weighted by atomic mass is 10.1. The fourth-order valence-electron chi connectivity index (χ4n) is 2.38. The van der Waals surface area contributed by atoms with E-state index in [-0.39, 0.29) is 16.5 Å². The van der Waals surface area contributed by atoms with E-state index in [0.717, 1.165) is 11.1 Å². The Labute approximate surface area is 148 Å². The maximum Gasteiger partial charge on any atom is 0.264 e. The Kier molecular flexibility index (Phi) is 5.57. The van der Waals surface area contributed by atoms with Gasteiger partial charge < -0.3 is 4.74 Å². The van der Waals surface area contributed by atoms with Crippen LogP contribution in [-0.4, -0.2) is 22.1 Å². The lowest BCUT2D eigenvalue weighted by molar-refractivity contribution is 0.414. The average molecular weight is 366 g/mol. The second kappa shape index (κ2) is 7.28. The van der Waals surface area contributed by atoms with Crippen LogP contribution in [-0.2, 0) is 10.0 Å². The predicted molar refractivity (Wildman–Crippen MR) is 98.6 cm³/mol. The number of rotatable bonds is 6. The first-order chi connectivity index (χ1) is 11.3. The van der Waals surface area contributed by atoms with Crippen LogP contribution in [0, 0.1) is 13.8 Å². The Morgan fingerprint density at radius 1 is 1.25 bits per heavy atom. The molecule has 6 heteroatoms. The number of sulfonamides is 1. The van der Waals surface area contributed by atoms with Crippen molar-refractivity contribution < 1.29 is 13.2 Å². The average Bonchev–Trinajstić information content (AvgIpc) is 2.55. The van der Waals surface area contributed by atoms with Crippen molar-refractivity contribution in [3.63, 3.8) is 0 Å². The largest absolute Gasteiger partial charge is 0.495 e. The van der Waals surface area contributed by atoms with Gasteiger partial charge in [0, 0.05) is 0 Å². The van der Waals surface area contributed by atoms with Crippen molar-refractivity contribution >= 4 is 27.3 Å². The number of nitrogens with zero attached hydrogens (tertiary/aromatic N) is 1. The maximum atomic E-state index is 13.1. The minimum atomic E-state index is -3.78. The van der Waals surface area contributed by atoms with Crippen molar-refractivity contribution in [1.29, 1.82) is 0 Å². The van der Waals surface area contributed by atoms with Crippen LogP contribution in [0.3, 0.4) is 0 Å². The lowest BCUT2D eigenvalue weighted by Gasteiger charge is -2.25. The van der Waals surface area contributed by atoms with Crippen molar-refractivity contribution in [2.24, 2.45) is 0 Å². The first kappa shape index (κ1) is 18.4. The highest BCUT2D eigenvalue weighted by atomic mass is 35.5. The second-order valence-corrected chi connectivity index (χ2v) is 7.61. The molecule has 0 saturated heterocycles. The summed E-state index contributed by atoms with van der Waals surface area (Å²) >= 11 is 6.09. The third kappa shape index (κ3) is 3.42. The van der Waals surface area contributed by atoms with E-state index < -0.39 is 10.0 Å². The molecule has 2 aromatic rings. The van der Waals surface area contributed by atoms with Gasteiger partial charge in [0.05, 0.1) is 29.3 Å². The highest BCUT2D eigenvalue weighted by Gasteiger charge is 2.26. The molecule has 0 spiro atoms. The van der Waals surface area contributed by atoms with Gasteiger partial charge in [-0.25, -0.2) is 8.42 Å². The van der Waals surface area contributed by atoms with Gasteiger partial charge in [0.15, 0.2) is 0 Å². The van der Waals surface area contributed by atoms with Gasteiger partial charge >= 0.3 is 0 Å². The molecule has 0 atom stereocenters. The standard InChI is InChI=1S/C18H20ClNO3S/c1-5-11-20(17-8-6-7-13(2)14(17)3)24(21,22)15-9-10-18(23-4)16(19)12-15/h5-10,12H,1,11H2,2-4H3. The molecule has 0 saturated carbocycles. The number of benzene rings is 2. The molecule has 0 unspecified atom stereocenters. The summed E-state index contributed by atoms with van der Waals surface area (Å²) in [5.74, 6) is 0.428. The van der Waals surface area contributed by atoms with Crippen LogP contribution in [0.4, 0.5) is 5.69 Å². The molecule has 0 N–H and O–H groups in total. The van der Waals surface area contributed by atoms with Crippen LogP contribution in [0.15, 0.2) is 53.9 Å². The Morgan fingerprint density at radius 3 is 2.54 bits per heavy atom. The molecule has 4 nitrogen and oxygen atoms in total. The van der Waals surface area contributed by atoms with Crippen LogP contribution >= 0.6 is 11.6 Å². The summed E-state index contributed by atoms with van der Waals surface area (Å²) in [6.45, 7) is 7.69. The Hall–Kier alpha value is -1.98. The summed E-state index contributed by atoms with van der Waals surface area (Å²) in [6, 6.07) is 10.0. The summed E-state index contributed by atoms with van der Waals surface area (Å²) in [5, 5.41) is 0.248. The molecule has 24 heavy (non-hydrogen) atoms. The van der Waals surface area contributed by atoms with Crippen molar-refractivity contribution in [2.45, 2.75) is 18.7 Å². The second-order valence-electron chi connectivity index (χ2n) is 5.34. The topological polar surface area (TPSA) is 46.6 Å². The fraction of sp³-hybridized carbons (Fsp3) is 0.222. The molecule has 0 fully saturated rings. The minimum absolute atomic E-state index is 0.107. The van der Waals surface area contributed by atoms with Gasteiger partial charge in [-0.3, -0.25) is 4.31 Å². The predicted octanol–water partition coefficient (Wildman–Crippen LogP) is 4.35. The maximum absolute atomic E-state index is 13.1. The molecule has 0 aliphatic rings. The monoisotopic (exact) mass is 365 g/mol. The van der Waals surface area contributed by atoms with Crippen molar-refractivity contribution in [3.8, 4) is 5.75 Å². The van der Waals surface area contributed by atoms with Crippen molar-refractivity contribution in [1.82, 2.24) is 0 Å². The SMILES string of the molecule is C=CCN(c1cccc(C)c1C)S(=O)(=O)c1ccc(OC)c(Cl)c1. The number of hydrogen-bond acceptors (Lipinski definition) is 3. The molecular weight excluding hydrogens is 346 g/mol. The summed E-state index contributed by atoms with van der Waals surface area (Å²) in [7, 11) is -2.30. The van der Waals surface area contributed by atoms with Gasteiger partial charge in [-0.15, -0.1) is 6.58 Å². The normalized spacial score (nSPS) is 11.2. The highest BCUT2D eigenvalue weighted by Crippen LogP contribution is 2.32. The van der Waals surface area contributed by atoms with Crippen LogP contribution < -0.4 is 9.04 Å². The summed E-state index contributed by atoms with van der Waals surface area (Å²) in [4.78, 5) is 0.107. The van der Waals surface area contributed by atoms with Crippen LogP contribution in [0.25, 0.3) is 0 Å². The van der Waals surface area contributed by atoms with E-state index in [1.807, 2.05) is 26.0 Å². The van der Waals surface area contributed by atoms with E-state index in [2.05, 4.69) is 6.58 Å². The zero-order valence-electron chi connectivity index (χ0n) is 13.9. The first-order valence-electron chi connectivity index (χ1n) is 7.36. The molecule has 0 heterocycles. The van der Waals surface area contributed by atoms with Gasteiger partial charge in [-0.05, 0) is 49.2 Å². The van der Waals surface area contributed by atoms with Crippen LogP contribution in [0.5, 0.6) is 5.75 Å². The minimum Gasteiger partial charge on any atom is -0.495 e. The molecule has 2 aromatic carbocycles. The zero-order chi connectivity index (χ0) is 17.9. The molecule has 0 aliphatic heterocycles. The van der Waals surface area contributed by atoms with E-state index in [9.17, 15) is 8.42 Å². The van der Waals surface area contributed by atoms with Gasteiger partial charge in [-0.1, -0.05) is 29.8 Å². The molecule has 2 rings (SSSR count). The van der Waals surface area contributed by atoms with Crippen molar-refractivity contribution in [2.75, 3.05) is 18.0 Å². The van der Waals surface area contributed by atoms with Gasteiger partial charge in [0.2, 0.25) is 0 Å². The van der Waals surface area contributed by atoms with Gasteiger partial charge in [0.25, 0.3) is 10.0 Å². The van der Waals surface area contributed by atoms with E-state index in [4.69, 9.17) is 16.3 Å². The zero-order valence-corrected chi connectivity index (χ0v) is 15.5. The number of methoxy groups -OCH3 is 1. The molecule has 0 amide bonds. The van der Waals surface area contributed by atoms with Crippen LogP contribution in [0.2, 0.25) is 5.02 Å². The lowest BCUT2D eigenvalue weighted by Crippen LogP contribution is -2.32. The third-order valence-corrected chi connectivity index (χ3v) is 5.92. The molecule has 0 radical (unpaired) electrons. The van der Waals surface area contributed by atoms with E-state index in [1.165, 1.54) is 23.5 Å². The molecule has 0 bridgehead atoms. The number of hydrogen-bond donors (Lipinski definition) is 0. The third-order valence-electron chi connectivity index (χ3n) is 3.85. The van der Waals surface area contributed by atoms with Gasteiger partial charge in [-0.2, -0.15) is 0 Å². The Bertz CT molecular complexity index is 863. The van der Waals surface area contributed by atoms with E-state index in [0.29, 0.717) is 11.4 Å². The molecule has 128 valence electrons. The number of halogens is 1. The molecule has 0 aromatic heterocycles. The molecular formula is C18H20ClNO3S. The number of ether oxygens (including phenoxy) is 1. The van der Waals surface area contributed by atoms with Gasteiger partial charge in [0.1, 0.15) is 5.75 Å². The van der Waals surface area contributed by atoms with E-state index in [1.54, 1.807) is 18.2 Å². The first-order valence-corrected chi connectivity index (χ1v) is 9.18. The number of aryl methyl sites for hydroxylation is 1. The smallest absolute Gasteiger partial charge is 0.264 e. The van der Waals surface area contributed by atoms with E-state index >= 15 is 0 Å². The summed E-state index contributed by atoms with van der Waals surface area (Å²) < 4.78 is 32.7. The number of anilines is 1. The summed E-state index contributed by atoms with van der Waals surface area (Å²) in [5.41, 5.74) is 2.55. The quantitative estimate of drug-likeness (QED) is 0.715. The van der Waals surface area contributed by atoms with Crippen LogP contribution in [0.1, 0.15) is 11.1 Å². The molecule has 0 aliphatic carbocycles. The Morgan fingerprint density at radius 2 is 1.96 bits per heavy atom. The highest BCUT2D eigenvalue weighted by molar-refractivity contribution is 7.92. The fourth-order valence-corrected chi connectivity index (χ4v) is 4.23.